The summed E-state index contributed by atoms with van der Waals surface area (Å²) in [6.45, 7) is 4.75. The quantitative estimate of drug-likeness (QED) is 0.290. The van der Waals surface area contributed by atoms with Crippen LogP contribution in [-0.4, -0.2) is 57.2 Å². The molecule has 1 saturated heterocycles. The van der Waals surface area contributed by atoms with Gasteiger partial charge < -0.3 is 10.6 Å². The summed E-state index contributed by atoms with van der Waals surface area (Å²) in [7, 11) is -3.06. The molecule has 1 unspecified atom stereocenters. The molecule has 0 bridgehead atoms. The Morgan fingerprint density at radius 3 is 2.59 bits per heavy atom. The minimum Gasteiger partial charge on any atom is -0.357 e. The first-order valence-electron chi connectivity index (χ1n) is 7.64. The molecule has 0 spiro atoms. The number of sulfonamides is 1. The number of nitrogens with one attached hydrogen (secondary N) is 2. The molecule has 6 nitrogen and oxygen atoms in total. The maximum Gasteiger partial charge on any atom is 0.211 e. The van der Waals surface area contributed by atoms with Crippen molar-refractivity contribution in [3.63, 3.8) is 0 Å². The molecule has 8 heteroatoms. The molecule has 0 radical (unpaired) electrons. The molecular formula is C14H27IN4O2S. The van der Waals surface area contributed by atoms with Gasteiger partial charge in [-0.3, -0.25) is 4.99 Å². The van der Waals surface area contributed by atoms with Gasteiger partial charge in [-0.1, -0.05) is 12.2 Å². The van der Waals surface area contributed by atoms with Gasteiger partial charge in [0.2, 0.25) is 10.0 Å². The van der Waals surface area contributed by atoms with Crippen LogP contribution < -0.4 is 10.6 Å². The van der Waals surface area contributed by atoms with Gasteiger partial charge in [0.1, 0.15) is 0 Å². The molecule has 2 rings (SSSR count). The first-order chi connectivity index (χ1) is 9.99. The summed E-state index contributed by atoms with van der Waals surface area (Å²) in [5.41, 5.74) is 0. The average molecular weight is 442 g/mol. The molecule has 22 heavy (non-hydrogen) atoms. The summed E-state index contributed by atoms with van der Waals surface area (Å²) < 4.78 is 24.6. The largest absolute Gasteiger partial charge is 0.357 e. The van der Waals surface area contributed by atoms with Gasteiger partial charge in [0.15, 0.2) is 5.96 Å². The summed E-state index contributed by atoms with van der Waals surface area (Å²) >= 11 is 0. The number of halogens is 1. The summed E-state index contributed by atoms with van der Waals surface area (Å²) in [5.74, 6) is 1.15. The Balaban J connectivity index is 0.00000242. The molecule has 0 saturated carbocycles. The third-order valence-corrected chi connectivity index (χ3v) is 5.19. The monoisotopic (exact) mass is 442 g/mol. The van der Waals surface area contributed by atoms with Crippen molar-refractivity contribution in [2.45, 2.75) is 32.2 Å². The van der Waals surface area contributed by atoms with E-state index in [1.807, 2.05) is 6.92 Å². The second-order valence-corrected chi connectivity index (χ2v) is 7.76. The van der Waals surface area contributed by atoms with E-state index >= 15 is 0 Å². The molecule has 1 atom stereocenters. The fourth-order valence-electron chi connectivity index (χ4n) is 2.72. The Morgan fingerprint density at radius 2 is 2.05 bits per heavy atom. The van der Waals surface area contributed by atoms with Gasteiger partial charge in [0.05, 0.1) is 6.26 Å². The molecule has 0 aromatic carbocycles. The molecule has 1 aliphatic carbocycles. The van der Waals surface area contributed by atoms with Crippen LogP contribution in [-0.2, 0) is 10.0 Å². The lowest BCUT2D eigenvalue weighted by Gasteiger charge is -2.17. The van der Waals surface area contributed by atoms with Crippen LogP contribution in [0.25, 0.3) is 0 Å². The van der Waals surface area contributed by atoms with Gasteiger partial charge in [-0.15, -0.1) is 24.0 Å². The normalized spacial score (nSPS) is 23.5. The lowest BCUT2D eigenvalue weighted by Crippen LogP contribution is -2.42. The maximum absolute atomic E-state index is 11.5. The van der Waals surface area contributed by atoms with Gasteiger partial charge in [0.25, 0.3) is 0 Å². The van der Waals surface area contributed by atoms with Crippen LogP contribution in [0.15, 0.2) is 17.1 Å². The summed E-state index contributed by atoms with van der Waals surface area (Å²) in [4.78, 5) is 4.62. The molecule has 2 aliphatic rings. The highest BCUT2D eigenvalue weighted by Crippen LogP contribution is 2.19. The van der Waals surface area contributed by atoms with Crippen molar-refractivity contribution in [2.24, 2.45) is 10.9 Å². The third-order valence-electron chi connectivity index (χ3n) is 3.92. The number of hydrogen-bond acceptors (Lipinski definition) is 3. The van der Waals surface area contributed by atoms with Gasteiger partial charge in [-0.25, -0.2) is 12.7 Å². The highest BCUT2D eigenvalue weighted by molar-refractivity contribution is 14.0. The predicted octanol–water partition coefficient (Wildman–Crippen LogP) is 1.16. The fourth-order valence-corrected chi connectivity index (χ4v) is 3.63. The minimum absolute atomic E-state index is 0. The molecule has 128 valence electrons. The van der Waals surface area contributed by atoms with Crippen molar-refractivity contribution in [3.8, 4) is 0 Å². The summed E-state index contributed by atoms with van der Waals surface area (Å²) in [5, 5.41) is 6.68. The molecule has 0 amide bonds. The zero-order valence-corrected chi connectivity index (χ0v) is 16.4. The van der Waals surface area contributed by atoms with Crippen LogP contribution in [0.2, 0.25) is 0 Å². The highest BCUT2D eigenvalue weighted by Gasteiger charge is 2.28. The van der Waals surface area contributed by atoms with Gasteiger partial charge >= 0.3 is 0 Å². The van der Waals surface area contributed by atoms with Crippen LogP contribution in [0.4, 0.5) is 0 Å². The lowest BCUT2D eigenvalue weighted by atomic mass is 10.1. The van der Waals surface area contributed by atoms with Crippen LogP contribution in [0.1, 0.15) is 26.2 Å². The number of guanidine groups is 1. The lowest BCUT2D eigenvalue weighted by molar-refractivity contribution is 0.463. The Bertz CT molecular complexity index is 499. The molecule has 1 heterocycles. The van der Waals surface area contributed by atoms with Gasteiger partial charge in [-0.2, -0.15) is 0 Å². The smallest absolute Gasteiger partial charge is 0.211 e. The molecule has 1 aliphatic heterocycles. The standard InChI is InChI=1S/C14H26N4O2S.HI/c1-3-15-14(17-13-6-4-5-7-13)16-10-12-8-9-18(11-12)21(2,19)20;/h4-5,12-13H,3,6-11H2,1-2H3,(H2,15,16,17);1H. The Morgan fingerprint density at radius 1 is 1.36 bits per heavy atom. The predicted molar refractivity (Wildman–Crippen MR) is 101 cm³/mol. The number of rotatable bonds is 5. The van der Waals surface area contributed by atoms with E-state index in [-0.39, 0.29) is 24.0 Å². The first-order valence-corrected chi connectivity index (χ1v) is 9.49. The van der Waals surface area contributed by atoms with E-state index in [4.69, 9.17) is 0 Å². The second-order valence-electron chi connectivity index (χ2n) is 5.78. The maximum atomic E-state index is 11.5. The SMILES string of the molecule is CCNC(=NCC1CCN(S(C)(=O)=O)C1)NC1CC=CC1.I. The molecule has 2 N–H and O–H groups in total. The van der Waals surface area contributed by atoms with Gasteiger partial charge in [-0.05, 0) is 32.1 Å². The highest BCUT2D eigenvalue weighted by atomic mass is 127. The van der Waals surface area contributed by atoms with Crippen LogP contribution in [0.5, 0.6) is 0 Å². The number of aliphatic imine (C=N–C) groups is 1. The number of nitrogens with zero attached hydrogens (tertiary/aromatic N) is 2. The van der Waals surface area contributed by atoms with E-state index in [1.54, 1.807) is 4.31 Å². The van der Waals surface area contributed by atoms with Crippen molar-refractivity contribution < 1.29 is 8.42 Å². The molecular weight excluding hydrogens is 415 g/mol. The van der Waals surface area contributed by atoms with E-state index in [1.165, 1.54) is 6.26 Å². The van der Waals surface area contributed by atoms with E-state index in [9.17, 15) is 8.42 Å². The van der Waals surface area contributed by atoms with E-state index in [0.717, 1.165) is 31.8 Å². The van der Waals surface area contributed by atoms with Crippen LogP contribution in [0.3, 0.4) is 0 Å². The zero-order chi connectivity index (χ0) is 15.3. The van der Waals surface area contributed by atoms with Crippen LogP contribution in [0, 0.1) is 5.92 Å². The number of hydrogen-bond donors (Lipinski definition) is 2. The van der Waals surface area contributed by atoms with E-state index in [2.05, 4.69) is 27.8 Å². The molecule has 0 aromatic rings. The van der Waals surface area contributed by atoms with Crippen molar-refractivity contribution in [1.82, 2.24) is 14.9 Å². The molecule has 1 fully saturated rings. The third kappa shape index (κ3) is 6.04. The Hall–Kier alpha value is -0.350. The summed E-state index contributed by atoms with van der Waals surface area (Å²) in [6.07, 6.45) is 8.61. The molecule has 0 aromatic heterocycles. The topological polar surface area (TPSA) is 73.8 Å². The zero-order valence-electron chi connectivity index (χ0n) is 13.3. The average Bonchev–Trinajstić information content (AvgIpc) is 3.06. The van der Waals surface area contributed by atoms with Gasteiger partial charge in [0, 0.05) is 32.2 Å². The van der Waals surface area contributed by atoms with E-state index in [0.29, 0.717) is 31.6 Å². The second kappa shape index (κ2) is 9.07. The van der Waals surface area contributed by atoms with Crippen molar-refractivity contribution in [3.05, 3.63) is 12.2 Å². The van der Waals surface area contributed by atoms with Crippen LogP contribution >= 0.6 is 24.0 Å². The Kier molecular flexibility index (Phi) is 8.12. The summed E-state index contributed by atoms with van der Waals surface area (Å²) in [6, 6.07) is 0.430. The first kappa shape index (κ1) is 19.7. The van der Waals surface area contributed by atoms with Crippen molar-refractivity contribution in [1.29, 1.82) is 0 Å². The van der Waals surface area contributed by atoms with Crippen molar-refractivity contribution >= 4 is 40.0 Å². The van der Waals surface area contributed by atoms with Crippen molar-refractivity contribution in [2.75, 3.05) is 32.4 Å². The Labute approximate surface area is 150 Å². The fraction of sp³-hybridized carbons (Fsp3) is 0.786. The minimum atomic E-state index is -3.06. The van der Waals surface area contributed by atoms with E-state index < -0.39 is 10.0 Å².